The fourth-order valence-electron chi connectivity index (χ4n) is 2.49. The van der Waals surface area contributed by atoms with Crippen molar-refractivity contribution in [3.63, 3.8) is 0 Å². The molecule has 2 heteroatoms. The largest absolute Gasteiger partial charge is 0.268 e. The summed E-state index contributed by atoms with van der Waals surface area (Å²) in [5.41, 5.74) is 5.80. The first-order chi connectivity index (χ1) is 11.0. The van der Waals surface area contributed by atoms with E-state index >= 15 is 0 Å². The van der Waals surface area contributed by atoms with Crippen molar-refractivity contribution < 1.29 is 0 Å². The van der Waals surface area contributed by atoms with Gasteiger partial charge in [-0.1, -0.05) is 72.4 Å². The monoisotopic (exact) mass is 322 g/mol. The average Bonchev–Trinajstić information content (AvgIpc) is 2.47. The van der Waals surface area contributed by atoms with Gasteiger partial charge in [0.05, 0.1) is 11.4 Å². The Kier molecular flexibility index (Phi) is 4.89. The van der Waals surface area contributed by atoms with Crippen molar-refractivity contribution in [1.82, 2.24) is 0 Å². The fourth-order valence-corrected chi connectivity index (χ4v) is 2.49. The lowest BCUT2D eigenvalue weighted by atomic mass is 9.80. The first-order valence-electron chi connectivity index (χ1n) is 8.51. The van der Waals surface area contributed by atoms with Crippen LogP contribution in [0.1, 0.15) is 52.7 Å². The summed E-state index contributed by atoms with van der Waals surface area (Å²) in [7, 11) is 2.00. The summed E-state index contributed by atoms with van der Waals surface area (Å²) in [6.45, 7) is 17.6. The fraction of sp³-hybridized carbons (Fsp3) is 0.409. The van der Waals surface area contributed by atoms with Gasteiger partial charge in [-0.3, -0.25) is 5.01 Å². The molecule has 0 fully saturated rings. The van der Waals surface area contributed by atoms with Gasteiger partial charge in [0, 0.05) is 7.05 Å². The molecule has 0 spiro atoms. The maximum Gasteiger partial charge on any atom is 0.0902 e. The van der Waals surface area contributed by atoms with Crippen molar-refractivity contribution >= 4 is 11.4 Å². The van der Waals surface area contributed by atoms with Gasteiger partial charge < -0.3 is 0 Å². The van der Waals surface area contributed by atoms with Gasteiger partial charge in [-0.25, -0.2) is 0 Å². The number of hydrogen-bond acceptors (Lipinski definition) is 2. The zero-order valence-corrected chi connectivity index (χ0v) is 16.1. The number of benzene rings is 1. The number of allylic oxidation sites excluding steroid dienone is 5. The third-order valence-corrected chi connectivity index (χ3v) is 4.27. The molecule has 2 rings (SSSR count). The van der Waals surface area contributed by atoms with Crippen LogP contribution in [0.2, 0.25) is 0 Å². The Hall–Kier alpha value is -2.09. The van der Waals surface area contributed by atoms with Crippen LogP contribution >= 0.6 is 0 Å². The molecular formula is C22H30N2. The molecule has 1 aliphatic rings. The van der Waals surface area contributed by atoms with Crippen LogP contribution in [0.25, 0.3) is 0 Å². The molecule has 0 heterocycles. The molecule has 1 aliphatic carbocycles. The van der Waals surface area contributed by atoms with E-state index in [1.165, 1.54) is 11.1 Å². The maximum absolute atomic E-state index is 4.75. The minimum absolute atomic E-state index is 0.0983. The van der Waals surface area contributed by atoms with E-state index in [0.717, 1.165) is 17.0 Å². The molecule has 2 nitrogen and oxygen atoms in total. The molecule has 0 radical (unpaired) electrons. The molecule has 0 saturated carbocycles. The molecule has 0 unspecified atom stereocenters. The molecule has 1 aromatic rings. The van der Waals surface area contributed by atoms with E-state index in [0.29, 0.717) is 0 Å². The Balaban J connectivity index is 2.49. The third kappa shape index (κ3) is 4.25. The smallest absolute Gasteiger partial charge is 0.0902 e. The van der Waals surface area contributed by atoms with Crippen molar-refractivity contribution in [2.75, 3.05) is 12.1 Å². The highest BCUT2D eigenvalue weighted by molar-refractivity contribution is 6.11. The van der Waals surface area contributed by atoms with E-state index in [-0.39, 0.29) is 10.8 Å². The molecule has 0 saturated heterocycles. The minimum atomic E-state index is 0.0983. The van der Waals surface area contributed by atoms with Crippen LogP contribution in [0.3, 0.4) is 0 Å². The zero-order valence-electron chi connectivity index (χ0n) is 16.1. The molecule has 0 amide bonds. The Bertz CT molecular complexity index is 687. The predicted octanol–water partition coefficient (Wildman–Crippen LogP) is 5.76. The van der Waals surface area contributed by atoms with E-state index in [9.17, 15) is 0 Å². The van der Waals surface area contributed by atoms with Gasteiger partial charge in [0.1, 0.15) is 0 Å². The quantitative estimate of drug-likeness (QED) is 0.632. The molecule has 0 aliphatic heterocycles. The van der Waals surface area contributed by atoms with Crippen LogP contribution in [0.5, 0.6) is 0 Å². The average molecular weight is 322 g/mol. The Morgan fingerprint density at radius 1 is 0.833 bits per heavy atom. The van der Waals surface area contributed by atoms with Crippen LogP contribution in [0, 0.1) is 0 Å². The number of hydrogen-bond donors (Lipinski definition) is 0. The second kappa shape index (κ2) is 6.43. The number of nitrogens with zero attached hydrogens (tertiary/aromatic N) is 2. The predicted molar refractivity (Wildman–Crippen MR) is 107 cm³/mol. The van der Waals surface area contributed by atoms with E-state index in [2.05, 4.69) is 66.3 Å². The Morgan fingerprint density at radius 3 is 1.79 bits per heavy atom. The lowest BCUT2D eigenvalue weighted by Gasteiger charge is -2.28. The first kappa shape index (κ1) is 18.3. The van der Waals surface area contributed by atoms with E-state index in [4.69, 9.17) is 5.10 Å². The van der Waals surface area contributed by atoms with Crippen LogP contribution in [-0.2, 0) is 10.8 Å². The summed E-state index contributed by atoms with van der Waals surface area (Å²) < 4.78 is 0. The highest BCUT2D eigenvalue weighted by atomic mass is 15.4. The molecule has 128 valence electrons. The zero-order chi connectivity index (χ0) is 18.1. The molecule has 0 aromatic heterocycles. The maximum atomic E-state index is 4.75. The summed E-state index contributed by atoms with van der Waals surface area (Å²) in [5, 5.41) is 6.70. The van der Waals surface area contributed by atoms with Crippen LogP contribution in [0.4, 0.5) is 5.69 Å². The molecule has 0 N–H and O–H groups in total. The van der Waals surface area contributed by atoms with Crippen molar-refractivity contribution in [1.29, 1.82) is 0 Å². The highest BCUT2D eigenvalue weighted by Crippen LogP contribution is 2.33. The van der Waals surface area contributed by atoms with Crippen molar-refractivity contribution in [3.05, 3.63) is 65.8 Å². The van der Waals surface area contributed by atoms with Gasteiger partial charge >= 0.3 is 0 Å². The van der Waals surface area contributed by atoms with Gasteiger partial charge in [0.2, 0.25) is 0 Å². The first-order valence-corrected chi connectivity index (χ1v) is 8.51. The van der Waals surface area contributed by atoms with Gasteiger partial charge in [-0.2, -0.15) is 5.10 Å². The summed E-state index contributed by atoms with van der Waals surface area (Å²) in [4.78, 5) is 0. The normalized spacial score (nSPS) is 16.8. The number of rotatable bonds is 2. The summed E-state index contributed by atoms with van der Waals surface area (Å²) in [6, 6.07) is 6.81. The van der Waals surface area contributed by atoms with Gasteiger partial charge in [0.15, 0.2) is 0 Å². The van der Waals surface area contributed by atoms with Crippen LogP contribution in [0.15, 0.2) is 59.8 Å². The molecule has 0 atom stereocenters. The standard InChI is InChI=1S/C22H30N2/c1-16-11-9-10-12-20(16)23-24(8)19-14-17(21(2,3)4)13-18(15-19)22(5,6)7/h9-15H,1H2,2-8H3/b23-20-. The highest BCUT2D eigenvalue weighted by Gasteiger charge is 2.21. The molecular weight excluding hydrogens is 292 g/mol. The SMILES string of the molecule is C=C1C=CC=C/C1=N/N(C)c1cc(C(C)(C)C)cc(C(C)(C)C)c1. The lowest BCUT2D eigenvalue weighted by Crippen LogP contribution is -2.19. The second-order valence-corrected chi connectivity index (χ2v) is 8.52. The third-order valence-electron chi connectivity index (χ3n) is 4.27. The number of hydrazone groups is 1. The van der Waals surface area contributed by atoms with Gasteiger partial charge in [0.25, 0.3) is 0 Å². The van der Waals surface area contributed by atoms with Crippen molar-refractivity contribution in [2.24, 2.45) is 5.10 Å². The Morgan fingerprint density at radius 2 is 1.33 bits per heavy atom. The van der Waals surface area contributed by atoms with Crippen LogP contribution < -0.4 is 5.01 Å². The summed E-state index contributed by atoms with van der Waals surface area (Å²) in [5.74, 6) is 0. The lowest BCUT2D eigenvalue weighted by molar-refractivity contribution is 0.568. The van der Waals surface area contributed by atoms with Crippen molar-refractivity contribution in [3.8, 4) is 0 Å². The number of anilines is 1. The molecule has 1 aromatic carbocycles. The minimum Gasteiger partial charge on any atom is -0.268 e. The molecule has 0 bridgehead atoms. The Labute approximate surface area is 147 Å². The van der Waals surface area contributed by atoms with E-state index < -0.39 is 0 Å². The van der Waals surface area contributed by atoms with Crippen molar-refractivity contribution in [2.45, 2.75) is 52.4 Å². The summed E-state index contributed by atoms with van der Waals surface area (Å²) in [6.07, 6.45) is 7.96. The summed E-state index contributed by atoms with van der Waals surface area (Å²) >= 11 is 0. The van der Waals surface area contributed by atoms with Crippen LogP contribution in [-0.4, -0.2) is 12.8 Å². The second-order valence-electron chi connectivity index (χ2n) is 8.52. The van der Waals surface area contributed by atoms with Gasteiger partial charge in [-0.05, 0) is 45.7 Å². The van der Waals surface area contributed by atoms with E-state index in [1.54, 1.807) is 0 Å². The topological polar surface area (TPSA) is 15.6 Å². The molecule has 24 heavy (non-hydrogen) atoms. The van der Waals surface area contributed by atoms with E-state index in [1.807, 2.05) is 36.4 Å². The van der Waals surface area contributed by atoms with Gasteiger partial charge in [-0.15, -0.1) is 0 Å².